The second-order valence-electron chi connectivity index (χ2n) is 9.32. The maximum absolute atomic E-state index is 12.8. The predicted molar refractivity (Wildman–Crippen MR) is 115 cm³/mol. The van der Waals surface area contributed by atoms with Crippen molar-refractivity contribution in [2.45, 2.75) is 49.8 Å². The first-order valence-corrected chi connectivity index (χ1v) is 12.2. The average Bonchev–Trinajstić information content (AvgIpc) is 2.68. The molecule has 2 aromatic rings. The highest BCUT2D eigenvalue weighted by molar-refractivity contribution is 7.92. The van der Waals surface area contributed by atoms with Gasteiger partial charge in [0.25, 0.3) is 10.0 Å². The summed E-state index contributed by atoms with van der Waals surface area (Å²) in [5, 5.41) is 0. The number of methoxy groups -OCH3 is 1. The van der Waals surface area contributed by atoms with E-state index < -0.39 is 10.0 Å². The van der Waals surface area contributed by atoms with Crippen molar-refractivity contribution in [3.63, 3.8) is 0 Å². The molecule has 4 nitrogen and oxygen atoms in total. The molecule has 0 unspecified atom stereocenters. The molecule has 4 bridgehead atoms. The van der Waals surface area contributed by atoms with Crippen LogP contribution < -0.4 is 9.46 Å². The normalized spacial score (nSPS) is 30.3. The molecule has 2 aromatic carbocycles. The van der Waals surface area contributed by atoms with E-state index in [1.54, 1.807) is 25.3 Å². The lowest BCUT2D eigenvalue weighted by Gasteiger charge is -2.54. The van der Waals surface area contributed by atoms with Crippen molar-refractivity contribution >= 4 is 15.7 Å². The first kappa shape index (κ1) is 19.0. The van der Waals surface area contributed by atoms with Crippen LogP contribution >= 0.6 is 0 Å². The van der Waals surface area contributed by atoms with Gasteiger partial charge in [0, 0.05) is 5.69 Å². The molecule has 4 saturated carbocycles. The van der Waals surface area contributed by atoms with E-state index in [0.29, 0.717) is 17.4 Å². The van der Waals surface area contributed by atoms with Crippen LogP contribution in [0.5, 0.6) is 5.75 Å². The van der Waals surface area contributed by atoms with Crippen molar-refractivity contribution in [1.29, 1.82) is 0 Å². The zero-order valence-corrected chi connectivity index (χ0v) is 17.9. The summed E-state index contributed by atoms with van der Waals surface area (Å²) in [4.78, 5) is 0.251. The van der Waals surface area contributed by atoms with Gasteiger partial charge in [-0.1, -0.05) is 12.1 Å². The van der Waals surface area contributed by atoms with Crippen LogP contribution in [0.2, 0.25) is 0 Å². The van der Waals surface area contributed by atoms with Crippen LogP contribution in [-0.4, -0.2) is 15.5 Å². The Bertz CT molecular complexity index is 985. The number of ether oxygens (including phenoxy) is 1. The molecule has 4 aliphatic rings. The van der Waals surface area contributed by atoms with E-state index in [-0.39, 0.29) is 4.90 Å². The Hall–Kier alpha value is -2.01. The smallest absolute Gasteiger partial charge is 0.261 e. The SMILES string of the molecule is COc1ccc(S(=O)(=O)Nc2ccc(C3C4CC5CC(C4)CC3C5)cc2)cc1C. The third-order valence-electron chi connectivity index (χ3n) is 7.45. The van der Waals surface area contributed by atoms with Crippen molar-refractivity contribution in [3.8, 4) is 5.75 Å². The summed E-state index contributed by atoms with van der Waals surface area (Å²) in [5.74, 6) is 4.94. The molecule has 5 heteroatoms. The van der Waals surface area contributed by atoms with Gasteiger partial charge in [0.15, 0.2) is 0 Å². The molecule has 0 amide bonds. The first-order chi connectivity index (χ1) is 13.9. The third kappa shape index (κ3) is 3.43. The van der Waals surface area contributed by atoms with Crippen LogP contribution in [0, 0.1) is 30.6 Å². The van der Waals surface area contributed by atoms with Gasteiger partial charge in [0.2, 0.25) is 0 Å². The quantitative estimate of drug-likeness (QED) is 0.722. The maximum Gasteiger partial charge on any atom is 0.261 e. The Morgan fingerprint density at radius 1 is 0.897 bits per heavy atom. The van der Waals surface area contributed by atoms with E-state index in [9.17, 15) is 8.42 Å². The lowest BCUT2D eigenvalue weighted by molar-refractivity contribution is -0.00277. The molecule has 0 heterocycles. The highest BCUT2D eigenvalue weighted by Crippen LogP contribution is 2.59. The second kappa shape index (κ2) is 7.05. The summed E-state index contributed by atoms with van der Waals surface area (Å²) in [6.45, 7) is 1.84. The largest absolute Gasteiger partial charge is 0.496 e. The molecule has 6 rings (SSSR count). The Kier molecular flexibility index (Phi) is 4.61. The van der Waals surface area contributed by atoms with Crippen molar-refractivity contribution in [2.24, 2.45) is 23.7 Å². The standard InChI is InChI=1S/C24H29NO3S/c1-15-9-22(7-8-23(15)28-2)29(26,27)25-21-5-3-18(4-6-21)24-19-11-16-10-17(13-19)14-20(24)12-16/h3-9,16-17,19-20,24-25H,10-14H2,1-2H3. The van der Waals surface area contributed by atoms with Crippen molar-refractivity contribution in [3.05, 3.63) is 53.6 Å². The van der Waals surface area contributed by atoms with E-state index in [1.165, 1.54) is 37.7 Å². The van der Waals surface area contributed by atoms with Crippen LogP contribution in [0.3, 0.4) is 0 Å². The molecular formula is C24H29NO3S. The van der Waals surface area contributed by atoms with Gasteiger partial charge < -0.3 is 4.74 Å². The molecule has 0 atom stereocenters. The number of rotatable bonds is 5. The predicted octanol–water partition coefficient (Wildman–Crippen LogP) is 5.34. The molecule has 4 aliphatic carbocycles. The molecule has 0 saturated heterocycles. The maximum atomic E-state index is 12.8. The fourth-order valence-electron chi connectivity index (χ4n) is 6.48. The van der Waals surface area contributed by atoms with Gasteiger partial charge in [-0.3, -0.25) is 4.72 Å². The average molecular weight is 412 g/mol. The van der Waals surface area contributed by atoms with Crippen molar-refractivity contribution < 1.29 is 13.2 Å². The molecular weight excluding hydrogens is 382 g/mol. The Morgan fingerprint density at radius 3 is 2.07 bits per heavy atom. The van der Waals surface area contributed by atoms with Gasteiger partial charge in [0.05, 0.1) is 12.0 Å². The van der Waals surface area contributed by atoms with Crippen molar-refractivity contribution in [1.82, 2.24) is 0 Å². The summed E-state index contributed by atoms with van der Waals surface area (Å²) in [6, 6.07) is 13.1. The van der Waals surface area contributed by atoms with E-state index >= 15 is 0 Å². The van der Waals surface area contributed by atoms with E-state index in [1.807, 2.05) is 19.1 Å². The van der Waals surface area contributed by atoms with Gasteiger partial charge in [-0.15, -0.1) is 0 Å². The lowest BCUT2D eigenvalue weighted by atomic mass is 9.51. The minimum absolute atomic E-state index is 0.251. The van der Waals surface area contributed by atoms with Gasteiger partial charge in [-0.05, 0) is 110 Å². The van der Waals surface area contributed by atoms with Crippen LogP contribution in [0.4, 0.5) is 5.69 Å². The molecule has 0 radical (unpaired) electrons. The minimum atomic E-state index is -3.62. The number of hydrogen-bond donors (Lipinski definition) is 1. The minimum Gasteiger partial charge on any atom is -0.496 e. The van der Waals surface area contributed by atoms with Gasteiger partial charge in [-0.25, -0.2) is 8.42 Å². The zero-order chi connectivity index (χ0) is 20.2. The molecule has 154 valence electrons. The number of aryl methyl sites for hydroxylation is 1. The zero-order valence-electron chi connectivity index (χ0n) is 17.1. The van der Waals surface area contributed by atoms with Gasteiger partial charge in [-0.2, -0.15) is 0 Å². The number of nitrogens with one attached hydrogen (secondary N) is 1. The third-order valence-corrected chi connectivity index (χ3v) is 8.83. The first-order valence-electron chi connectivity index (χ1n) is 10.7. The number of sulfonamides is 1. The number of anilines is 1. The Labute approximate surface area is 173 Å². The summed E-state index contributed by atoms with van der Waals surface area (Å²) >= 11 is 0. The van der Waals surface area contributed by atoms with E-state index in [2.05, 4.69) is 16.9 Å². The monoisotopic (exact) mass is 411 g/mol. The van der Waals surface area contributed by atoms with E-state index in [0.717, 1.165) is 29.2 Å². The van der Waals surface area contributed by atoms with Gasteiger partial charge in [0.1, 0.15) is 5.75 Å². The van der Waals surface area contributed by atoms with Crippen LogP contribution in [0.1, 0.15) is 49.1 Å². The Balaban J connectivity index is 1.34. The molecule has 0 aliphatic heterocycles. The second-order valence-corrected chi connectivity index (χ2v) is 11.0. The topological polar surface area (TPSA) is 55.4 Å². The number of benzene rings is 2. The highest BCUT2D eigenvalue weighted by Gasteiger charge is 2.48. The van der Waals surface area contributed by atoms with Crippen LogP contribution in [0.15, 0.2) is 47.4 Å². The van der Waals surface area contributed by atoms with Gasteiger partial charge >= 0.3 is 0 Å². The fraction of sp³-hybridized carbons (Fsp3) is 0.500. The molecule has 1 N–H and O–H groups in total. The molecule has 29 heavy (non-hydrogen) atoms. The summed E-state index contributed by atoms with van der Waals surface area (Å²) in [6.07, 6.45) is 7.03. The highest BCUT2D eigenvalue weighted by atomic mass is 32.2. The van der Waals surface area contributed by atoms with E-state index in [4.69, 9.17) is 4.74 Å². The van der Waals surface area contributed by atoms with Crippen LogP contribution in [0.25, 0.3) is 0 Å². The molecule has 0 spiro atoms. The summed E-state index contributed by atoms with van der Waals surface area (Å²) in [7, 11) is -2.04. The summed E-state index contributed by atoms with van der Waals surface area (Å²) in [5.41, 5.74) is 2.81. The Morgan fingerprint density at radius 2 is 1.52 bits per heavy atom. The van der Waals surface area contributed by atoms with Crippen molar-refractivity contribution in [2.75, 3.05) is 11.8 Å². The molecule has 4 fully saturated rings. The lowest BCUT2D eigenvalue weighted by Crippen LogP contribution is -2.43. The summed E-state index contributed by atoms with van der Waals surface area (Å²) < 4.78 is 33.5. The van der Waals surface area contributed by atoms with Crippen LogP contribution in [-0.2, 0) is 10.0 Å². The number of hydrogen-bond acceptors (Lipinski definition) is 3. The fourth-order valence-corrected chi connectivity index (χ4v) is 7.62. The molecule has 0 aromatic heterocycles.